The summed E-state index contributed by atoms with van der Waals surface area (Å²) in [6.45, 7) is 1.92. The minimum Gasteiger partial charge on any atom is -0.296 e. The van der Waals surface area contributed by atoms with Crippen LogP contribution in [-0.4, -0.2) is 21.1 Å². The molecular formula is C18H15F3N4OS. The molecule has 0 aliphatic heterocycles. The number of nitrogens with zero attached hydrogens (tertiary/aromatic N) is 3. The average Bonchev–Trinajstić information content (AvgIpc) is 3.08. The van der Waals surface area contributed by atoms with Crippen LogP contribution in [0.15, 0.2) is 18.2 Å². The Bertz CT molecular complexity index is 1040. The Morgan fingerprint density at radius 2 is 1.96 bits per heavy atom. The fourth-order valence-corrected chi connectivity index (χ4v) is 3.95. The number of rotatable bonds is 2. The number of aryl methyl sites for hydroxylation is 2. The summed E-state index contributed by atoms with van der Waals surface area (Å²) in [4.78, 5) is 17.7. The highest BCUT2D eigenvalue weighted by molar-refractivity contribution is 7.15. The Morgan fingerprint density at radius 3 is 2.70 bits per heavy atom. The zero-order chi connectivity index (χ0) is 19.2. The van der Waals surface area contributed by atoms with E-state index < -0.39 is 17.1 Å². The molecule has 1 amide bonds. The van der Waals surface area contributed by atoms with Crippen LogP contribution in [0.2, 0.25) is 0 Å². The molecule has 4 rings (SSSR count). The summed E-state index contributed by atoms with van der Waals surface area (Å²) in [7, 11) is 0. The minimum atomic E-state index is -4.58. The van der Waals surface area contributed by atoms with Crippen molar-refractivity contribution in [2.75, 3.05) is 5.32 Å². The highest BCUT2D eigenvalue weighted by Gasteiger charge is 2.36. The van der Waals surface area contributed by atoms with Crippen LogP contribution in [0, 0.1) is 6.92 Å². The number of benzene rings is 1. The summed E-state index contributed by atoms with van der Waals surface area (Å²) >= 11 is 0.314. The van der Waals surface area contributed by atoms with Gasteiger partial charge in [0.05, 0.1) is 11.1 Å². The zero-order valence-electron chi connectivity index (χ0n) is 14.4. The predicted molar refractivity (Wildman–Crippen MR) is 96.0 cm³/mol. The minimum absolute atomic E-state index is 0.172. The summed E-state index contributed by atoms with van der Waals surface area (Å²) in [5, 5.41) is 8.51. The fourth-order valence-electron chi connectivity index (χ4n) is 3.34. The van der Waals surface area contributed by atoms with Crippen molar-refractivity contribution in [2.24, 2.45) is 0 Å². The molecule has 0 fully saturated rings. The molecule has 1 N–H and O–H groups in total. The Labute approximate surface area is 156 Å². The van der Waals surface area contributed by atoms with Gasteiger partial charge in [0.2, 0.25) is 10.1 Å². The number of amides is 1. The predicted octanol–water partition coefficient (Wildman–Crippen LogP) is 4.54. The number of hydrogen-bond donors (Lipinski definition) is 1. The van der Waals surface area contributed by atoms with Gasteiger partial charge >= 0.3 is 6.18 Å². The molecule has 1 aliphatic carbocycles. The molecule has 2 aromatic heterocycles. The molecule has 0 unspecified atom stereocenters. The van der Waals surface area contributed by atoms with Gasteiger partial charge in [-0.1, -0.05) is 23.0 Å². The van der Waals surface area contributed by atoms with Gasteiger partial charge < -0.3 is 0 Å². The lowest BCUT2D eigenvalue weighted by molar-refractivity contribution is -0.138. The van der Waals surface area contributed by atoms with E-state index in [2.05, 4.69) is 20.5 Å². The number of nitrogens with one attached hydrogen (secondary N) is 1. The molecule has 0 saturated carbocycles. The van der Waals surface area contributed by atoms with Crippen molar-refractivity contribution in [3.8, 4) is 0 Å². The summed E-state index contributed by atoms with van der Waals surface area (Å²) in [5.41, 5.74) is 3.92. The third kappa shape index (κ3) is 3.39. The third-order valence-corrected chi connectivity index (χ3v) is 5.42. The summed E-state index contributed by atoms with van der Waals surface area (Å²) in [6, 6.07) is 5.67. The fraction of sp³-hybridized carbons (Fsp3) is 0.333. The van der Waals surface area contributed by atoms with E-state index in [1.54, 1.807) is 0 Å². The number of anilines is 1. The number of alkyl halides is 3. The maximum atomic E-state index is 13.0. The van der Waals surface area contributed by atoms with Crippen molar-refractivity contribution in [1.29, 1.82) is 0 Å². The molecule has 3 aromatic rings. The lowest BCUT2D eigenvalue weighted by atomic mass is 9.89. The Balaban J connectivity index is 1.78. The Hall–Kier alpha value is -2.55. The van der Waals surface area contributed by atoms with Gasteiger partial charge in [0.25, 0.3) is 5.91 Å². The van der Waals surface area contributed by atoms with Crippen LogP contribution in [0.3, 0.4) is 0 Å². The summed E-state index contributed by atoms with van der Waals surface area (Å²) in [6.07, 6.45) is -1.12. The van der Waals surface area contributed by atoms with E-state index in [4.69, 9.17) is 0 Å². The van der Waals surface area contributed by atoms with Crippen LogP contribution in [0.5, 0.6) is 0 Å². The topological polar surface area (TPSA) is 67.8 Å². The summed E-state index contributed by atoms with van der Waals surface area (Å²) in [5.74, 6) is -0.476. The lowest BCUT2D eigenvalue weighted by Crippen LogP contribution is -2.19. The van der Waals surface area contributed by atoms with Gasteiger partial charge in [0.1, 0.15) is 0 Å². The van der Waals surface area contributed by atoms with E-state index in [0.29, 0.717) is 27.8 Å². The first-order valence-corrected chi connectivity index (χ1v) is 9.29. The standard InChI is InChI=1S/C18H15F3N4OS/c1-9-6-7-13-11(8-9)14(10-4-2-3-5-12(10)22-13)15(26)23-17-25-24-16(27-17)18(19,20)21/h6-8H,2-5H2,1H3,(H,23,25,26). The average molecular weight is 392 g/mol. The molecule has 1 aliphatic rings. The maximum absolute atomic E-state index is 13.0. The molecule has 140 valence electrons. The van der Waals surface area contributed by atoms with Crippen LogP contribution in [0.1, 0.15) is 45.0 Å². The SMILES string of the molecule is Cc1ccc2nc3c(c(C(=O)Nc4nnc(C(F)(F)F)s4)c2c1)CCCC3. The van der Waals surface area contributed by atoms with Crippen LogP contribution >= 0.6 is 11.3 Å². The Kier molecular flexibility index (Phi) is 4.33. The third-order valence-electron chi connectivity index (χ3n) is 4.53. The van der Waals surface area contributed by atoms with Crippen LogP contribution in [0.25, 0.3) is 10.9 Å². The van der Waals surface area contributed by atoms with Crippen molar-refractivity contribution in [2.45, 2.75) is 38.8 Å². The van der Waals surface area contributed by atoms with Crippen molar-refractivity contribution in [3.63, 3.8) is 0 Å². The second kappa shape index (κ2) is 6.56. The molecule has 0 bridgehead atoms. The van der Waals surface area contributed by atoms with Gasteiger partial charge in [0, 0.05) is 11.1 Å². The van der Waals surface area contributed by atoms with Crippen molar-refractivity contribution in [3.05, 3.63) is 45.6 Å². The van der Waals surface area contributed by atoms with Crippen LogP contribution in [0.4, 0.5) is 18.3 Å². The van der Waals surface area contributed by atoms with Gasteiger partial charge in [-0.3, -0.25) is 15.1 Å². The number of hydrogen-bond acceptors (Lipinski definition) is 5. The second-order valence-corrected chi connectivity index (χ2v) is 7.48. The van der Waals surface area contributed by atoms with E-state index in [1.807, 2.05) is 25.1 Å². The van der Waals surface area contributed by atoms with E-state index in [0.717, 1.165) is 42.5 Å². The maximum Gasteiger partial charge on any atom is 0.445 e. The number of halogens is 3. The van der Waals surface area contributed by atoms with Gasteiger partial charge in [-0.05, 0) is 50.3 Å². The number of carbonyl (C=O) groups excluding carboxylic acids is 1. The molecule has 5 nitrogen and oxygen atoms in total. The largest absolute Gasteiger partial charge is 0.445 e. The number of aromatic nitrogens is 3. The first-order chi connectivity index (χ1) is 12.8. The quantitative estimate of drug-likeness (QED) is 0.695. The lowest BCUT2D eigenvalue weighted by Gasteiger charge is -2.20. The van der Waals surface area contributed by atoms with Crippen LogP contribution < -0.4 is 5.32 Å². The van der Waals surface area contributed by atoms with Gasteiger partial charge in [-0.15, -0.1) is 10.2 Å². The molecule has 27 heavy (non-hydrogen) atoms. The highest BCUT2D eigenvalue weighted by atomic mass is 32.1. The number of pyridine rings is 1. The molecule has 2 heterocycles. The van der Waals surface area contributed by atoms with Crippen molar-refractivity contribution >= 4 is 33.3 Å². The highest BCUT2D eigenvalue weighted by Crippen LogP contribution is 2.34. The summed E-state index contributed by atoms with van der Waals surface area (Å²) < 4.78 is 38.2. The first-order valence-electron chi connectivity index (χ1n) is 8.47. The number of fused-ring (bicyclic) bond motifs is 2. The van der Waals surface area contributed by atoms with Gasteiger partial charge in [0.15, 0.2) is 0 Å². The van der Waals surface area contributed by atoms with E-state index in [9.17, 15) is 18.0 Å². The molecular weight excluding hydrogens is 377 g/mol. The molecule has 9 heteroatoms. The molecule has 1 aromatic carbocycles. The van der Waals surface area contributed by atoms with E-state index in [-0.39, 0.29) is 5.13 Å². The van der Waals surface area contributed by atoms with Crippen molar-refractivity contribution in [1.82, 2.24) is 15.2 Å². The van der Waals surface area contributed by atoms with Gasteiger partial charge in [-0.25, -0.2) is 0 Å². The molecule has 0 saturated heterocycles. The monoisotopic (exact) mass is 392 g/mol. The van der Waals surface area contributed by atoms with Gasteiger partial charge in [-0.2, -0.15) is 13.2 Å². The smallest absolute Gasteiger partial charge is 0.296 e. The zero-order valence-corrected chi connectivity index (χ0v) is 15.2. The van der Waals surface area contributed by atoms with Crippen molar-refractivity contribution < 1.29 is 18.0 Å². The molecule has 0 radical (unpaired) electrons. The van der Waals surface area contributed by atoms with Crippen LogP contribution in [-0.2, 0) is 19.0 Å². The number of carbonyl (C=O) groups is 1. The van der Waals surface area contributed by atoms with E-state index in [1.165, 1.54) is 0 Å². The Morgan fingerprint density at radius 1 is 1.19 bits per heavy atom. The molecule has 0 atom stereocenters. The van der Waals surface area contributed by atoms with E-state index >= 15 is 0 Å². The normalized spacial score (nSPS) is 14.2. The molecule has 0 spiro atoms. The second-order valence-electron chi connectivity index (χ2n) is 6.50. The first kappa shape index (κ1) is 17.8.